The van der Waals surface area contributed by atoms with Crippen LogP contribution in [-0.2, 0) is 0 Å². The molecule has 0 bridgehead atoms. The van der Waals surface area contributed by atoms with Crippen molar-refractivity contribution < 1.29 is 4.74 Å². The van der Waals surface area contributed by atoms with Gasteiger partial charge in [-0.15, -0.1) is 0 Å². The lowest BCUT2D eigenvalue weighted by Crippen LogP contribution is -2.21. The van der Waals surface area contributed by atoms with Gasteiger partial charge < -0.3 is 4.74 Å². The highest BCUT2D eigenvalue weighted by Crippen LogP contribution is 2.28. The first-order chi connectivity index (χ1) is 8.72. The number of pyridine rings is 1. The number of halogens is 1. The van der Waals surface area contributed by atoms with Gasteiger partial charge in [0, 0.05) is 6.20 Å². The van der Waals surface area contributed by atoms with Gasteiger partial charge in [-0.1, -0.05) is 30.7 Å². The van der Waals surface area contributed by atoms with Crippen molar-refractivity contribution in [2.45, 2.75) is 19.8 Å². The molecule has 2 atom stereocenters. The number of ether oxygens (including phenoxy) is 1. The first kappa shape index (κ1) is 12.9. The molecule has 3 nitrogen and oxygen atoms in total. The van der Waals surface area contributed by atoms with Crippen molar-refractivity contribution in [2.75, 3.05) is 6.61 Å². The lowest BCUT2D eigenvalue weighted by Gasteiger charge is -2.25. The van der Waals surface area contributed by atoms with Gasteiger partial charge in [-0.2, -0.15) is 5.26 Å². The van der Waals surface area contributed by atoms with Crippen LogP contribution in [-0.4, -0.2) is 11.6 Å². The summed E-state index contributed by atoms with van der Waals surface area (Å²) in [6.07, 6.45) is 8.06. The summed E-state index contributed by atoms with van der Waals surface area (Å²) in [4.78, 5) is 4.07. The lowest BCUT2D eigenvalue weighted by atomic mass is 9.85. The van der Waals surface area contributed by atoms with E-state index in [0.717, 1.165) is 12.8 Å². The van der Waals surface area contributed by atoms with E-state index in [1.165, 1.54) is 0 Å². The van der Waals surface area contributed by atoms with Crippen LogP contribution in [0.2, 0.25) is 5.02 Å². The minimum absolute atomic E-state index is 0.305. The Morgan fingerprint density at radius 1 is 1.50 bits per heavy atom. The highest BCUT2D eigenvalue weighted by atomic mass is 35.5. The number of allylic oxidation sites excluding steroid dienone is 2. The number of nitriles is 1. The van der Waals surface area contributed by atoms with Crippen molar-refractivity contribution in [3.05, 3.63) is 35.0 Å². The lowest BCUT2D eigenvalue weighted by molar-refractivity contribution is 0.193. The zero-order chi connectivity index (χ0) is 13.0. The fraction of sp³-hybridized carbons (Fsp3) is 0.429. The molecule has 0 aromatic carbocycles. The third-order valence-corrected chi connectivity index (χ3v) is 3.70. The molecular weight excluding hydrogens is 248 g/mol. The van der Waals surface area contributed by atoms with Crippen LogP contribution < -0.4 is 4.74 Å². The quantitative estimate of drug-likeness (QED) is 0.782. The SMILES string of the molecule is CC1CC=CCC1COc1nccc(C#N)c1Cl. The average molecular weight is 263 g/mol. The van der Waals surface area contributed by atoms with Crippen LogP contribution in [0.1, 0.15) is 25.3 Å². The fourth-order valence-electron chi connectivity index (χ4n) is 2.04. The molecule has 4 heteroatoms. The molecular formula is C14H15ClN2O. The van der Waals surface area contributed by atoms with Crippen molar-refractivity contribution in [1.82, 2.24) is 4.98 Å². The van der Waals surface area contributed by atoms with Crippen molar-refractivity contribution in [3.8, 4) is 11.9 Å². The first-order valence-electron chi connectivity index (χ1n) is 6.04. The topological polar surface area (TPSA) is 45.9 Å². The normalized spacial score (nSPS) is 22.5. The highest BCUT2D eigenvalue weighted by Gasteiger charge is 2.20. The van der Waals surface area contributed by atoms with Crippen LogP contribution in [0.4, 0.5) is 0 Å². The molecule has 2 rings (SSSR count). The largest absolute Gasteiger partial charge is 0.476 e. The summed E-state index contributed by atoms with van der Waals surface area (Å²) in [5, 5.41) is 9.18. The van der Waals surface area contributed by atoms with Crippen LogP contribution in [0, 0.1) is 23.2 Å². The van der Waals surface area contributed by atoms with Gasteiger partial charge >= 0.3 is 0 Å². The van der Waals surface area contributed by atoms with E-state index in [1.54, 1.807) is 12.3 Å². The molecule has 0 saturated carbocycles. The van der Waals surface area contributed by atoms with Crippen molar-refractivity contribution in [3.63, 3.8) is 0 Å². The van der Waals surface area contributed by atoms with E-state index in [2.05, 4.69) is 24.1 Å². The molecule has 0 fully saturated rings. The van der Waals surface area contributed by atoms with Gasteiger partial charge in [-0.25, -0.2) is 4.98 Å². The summed E-state index contributed by atoms with van der Waals surface area (Å²) in [7, 11) is 0. The Labute approximate surface area is 112 Å². The monoisotopic (exact) mass is 262 g/mol. The van der Waals surface area contributed by atoms with Crippen molar-refractivity contribution >= 4 is 11.6 Å². The summed E-state index contributed by atoms with van der Waals surface area (Å²) >= 11 is 6.04. The number of aromatic nitrogens is 1. The van der Waals surface area contributed by atoms with Crippen LogP contribution in [0.15, 0.2) is 24.4 Å². The minimum atomic E-state index is 0.305. The Balaban J connectivity index is 2.02. The maximum Gasteiger partial charge on any atom is 0.233 e. The smallest absolute Gasteiger partial charge is 0.233 e. The number of rotatable bonds is 3. The Morgan fingerprint density at radius 3 is 3.00 bits per heavy atom. The maximum atomic E-state index is 8.87. The number of hydrogen-bond acceptors (Lipinski definition) is 3. The standard InChI is InChI=1S/C14H15ClN2O/c1-10-4-2-3-5-12(10)9-18-14-13(15)11(8-16)6-7-17-14/h2-3,6-7,10,12H,4-5,9H2,1H3. The van der Waals surface area contributed by atoms with Gasteiger partial charge in [-0.05, 0) is 30.7 Å². The third kappa shape index (κ3) is 2.83. The molecule has 2 unspecified atom stereocenters. The summed E-state index contributed by atoms with van der Waals surface area (Å²) < 4.78 is 5.66. The highest BCUT2D eigenvalue weighted by molar-refractivity contribution is 6.32. The van der Waals surface area contributed by atoms with Gasteiger partial charge in [-0.3, -0.25) is 0 Å². The average Bonchev–Trinajstić information content (AvgIpc) is 2.39. The summed E-state index contributed by atoms with van der Waals surface area (Å²) in [5.41, 5.74) is 0.401. The minimum Gasteiger partial charge on any atom is -0.476 e. The molecule has 0 radical (unpaired) electrons. The van der Waals surface area contributed by atoms with Crippen molar-refractivity contribution in [2.24, 2.45) is 11.8 Å². The molecule has 0 saturated heterocycles. The molecule has 1 aromatic heterocycles. The van der Waals surface area contributed by atoms with E-state index in [1.807, 2.05) is 6.07 Å². The van der Waals surface area contributed by atoms with Crippen LogP contribution in [0.5, 0.6) is 5.88 Å². The molecule has 94 valence electrons. The van der Waals surface area contributed by atoms with E-state index < -0.39 is 0 Å². The summed E-state index contributed by atoms with van der Waals surface area (Å²) in [5.74, 6) is 1.45. The molecule has 18 heavy (non-hydrogen) atoms. The van der Waals surface area contributed by atoms with Gasteiger partial charge in [0.1, 0.15) is 11.1 Å². The predicted octanol–water partition coefficient (Wildman–Crippen LogP) is 3.59. The predicted molar refractivity (Wildman–Crippen MR) is 70.5 cm³/mol. The Bertz CT molecular complexity index is 493. The molecule has 1 aliphatic carbocycles. The van der Waals surface area contributed by atoms with Crippen LogP contribution in [0.3, 0.4) is 0 Å². The van der Waals surface area contributed by atoms with Crippen molar-refractivity contribution in [1.29, 1.82) is 5.26 Å². The van der Waals surface area contributed by atoms with E-state index in [0.29, 0.717) is 34.9 Å². The molecule has 1 heterocycles. The first-order valence-corrected chi connectivity index (χ1v) is 6.42. The van der Waals surface area contributed by atoms with E-state index >= 15 is 0 Å². The molecule has 0 spiro atoms. The molecule has 0 amide bonds. The fourth-order valence-corrected chi connectivity index (χ4v) is 2.25. The second-order valence-corrected chi connectivity index (χ2v) is 4.96. The zero-order valence-corrected chi connectivity index (χ0v) is 11.0. The van der Waals surface area contributed by atoms with E-state index in [9.17, 15) is 0 Å². The molecule has 0 N–H and O–H groups in total. The van der Waals surface area contributed by atoms with Gasteiger partial charge in [0.05, 0.1) is 12.2 Å². The Kier molecular flexibility index (Phi) is 4.22. The second-order valence-electron chi connectivity index (χ2n) is 4.58. The molecule has 1 aliphatic rings. The molecule has 1 aromatic rings. The van der Waals surface area contributed by atoms with Crippen LogP contribution >= 0.6 is 11.6 Å². The van der Waals surface area contributed by atoms with E-state index in [4.69, 9.17) is 21.6 Å². The Morgan fingerprint density at radius 2 is 2.28 bits per heavy atom. The van der Waals surface area contributed by atoms with Gasteiger partial charge in [0.15, 0.2) is 0 Å². The number of hydrogen-bond donors (Lipinski definition) is 0. The van der Waals surface area contributed by atoms with E-state index in [-0.39, 0.29) is 0 Å². The summed E-state index contributed by atoms with van der Waals surface area (Å²) in [6.45, 7) is 2.81. The zero-order valence-electron chi connectivity index (χ0n) is 10.3. The van der Waals surface area contributed by atoms with Gasteiger partial charge in [0.25, 0.3) is 0 Å². The molecule has 0 aliphatic heterocycles. The second kappa shape index (κ2) is 5.88. The summed E-state index contributed by atoms with van der Waals surface area (Å²) in [6, 6.07) is 3.60. The third-order valence-electron chi connectivity index (χ3n) is 3.33. The Hall–Kier alpha value is -1.53. The maximum absolute atomic E-state index is 8.87. The van der Waals surface area contributed by atoms with Gasteiger partial charge in [0.2, 0.25) is 5.88 Å². The van der Waals surface area contributed by atoms with Crippen LogP contribution in [0.25, 0.3) is 0 Å². The number of nitrogens with zero attached hydrogens (tertiary/aromatic N) is 2.